The molecule has 0 N–H and O–H groups in total. The van der Waals surface area contributed by atoms with Gasteiger partial charge in [-0.25, -0.2) is 0 Å². The Labute approximate surface area is 203 Å². The zero-order chi connectivity index (χ0) is 22.9. The first-order valence-electron chi connectivity index (χ1n) is 12.1. The molecule has 176 valence electrons. The van der Waals surface area contributed by atoms with E-state index >= 15 is 0 Å². The van der Waals surface area contributed by atoms with Crippen molar-refractivity contribution in [3.63, 3.8) is 0 Å². The van der Waals surface area contributed by atoms with E-state index in [0.717, 1.165) is 44.8 Å². The molecule has 3 aliphatic heterocycles. The second kappa shape index (κ2) is 9.43. The SMILES string of the molecule is O=C(CCN1c2ccccc2Sc2ccccc21)N1CCC(c2nc(C3CCOCC3)no2)C1. The summed E-state index contributed by atoms with van der Waals surface area (Å²) in [5, 5.41) is 4.24. The fourth-order valence-electron chi connectivity index (χ4n) is 5.11. The number of hydrogen-bond acceptors (Lipinski definition) is 7. The van der Waals surface area contributed by atoms with Gasteiger partial charge >= 0.3 is 0 Å². The van der Waals surface area contributed by atoms with E-state index < -0.39 is 0 Å². The van der Waals surface area contributed by atoms with Crippen molar-refractivity contribution in [2.75, 3.05) is 37.7 Å². The van der Waals surface area contributed by atoms with Gasteiger partial charge in [0.25, 0.3) is 0 Å². The Morgan fingerprint density at radius 1 is 0.971 bits per heavy atom. The second-order valence-corrected chi connectivity index (χ2v) is 10.2. The van der Waals surface area contributed by atoms with E-state index in [0.29, 0.717) is 31.3 Å². The number of carbonyl (C=O) groups is 1. The highest BCUT2D eigenvalue weighted by molar-refractivity contribution is 7.99. The van der Waals surface area contributed by atoms with Crippen LogP contribution in [0.15, 0.2) is 62.8 Å². The molecule has 1 aromatic heterocycles. The summed E-state index contributed by atoms with van der Waals surface area (Å²) < 4.78 is 11.1. The smallest absolute Gasteiger partial charge is 0.231 e. The Morgan fingerprint density at radius 3 is 2.41 bits per heavy atom. The molecule has 8 heteroatoms. The normalized spacial score (nSPS) is 20.3. The van der Waals surface area contributed by atoms with Crippen molar-refractivity contribution in [1.29, 1.82) is 0 Å². The number of anilines is 2. The van der Waals surface area contributed by atoms with Gasteiger partial charge in [-0.3, -0.25) is 4.79 Å². The van der Waals surface area contributed by atoms with Crippen molar-refractivity contribution in [3.05, 3.63) is 60.2 Å². The van der Waals surface area contributed by atoms with Crippen LogP contribution in [-0.4, -0.2) is 53.8 Å². The van der Waals surface area contributed by atoms with Gasteiger partial charge in [-0.15, -0.1) is 0 Å². The van der Waals surface area contributed by atoms with Crippen molar-refractivity contribution in [2.24, 2.45) is 0 Å². The molecule has 0 radical (unpaired) electrons. The van der Waals surface area contributed by atoms with E-state index in [4.69, 9.17) is 14.2 Å². The zero-order valence-corrected chi connectivity index (χ0v) is 19.9. The van der Waals surface area contributed by atoms with Gasteiger partial charge < -0.3 is 19.1 Å². The van der Waals surface area contributed by atoms with E-state index in [2.05, 4.69) is 58.6 Å². The molecular formula is C26H28N4O3S. The third kappa shape index (κ3) is 4.20. The number of amides is 1. The van der Waals surface area contributed by atoms with Crippen LogP contribution in [0.2, 0.25) is 0 Å². The summed E-state index contributed by atoms with van der Waals surface area (Å²) in [4.78, 5) is 24.5. The van der Waals surface area contributed by atoms with Gasteiger partial charge in [-0.2, -0.15) is 4.98 Å². The minimum atomic E-state index is 0.123. The predicted octanol–water partition coefficient (Wildman–Crippen LogP) is 4.97. The van der Waals surface area contributed by atoms with Gasteiger partial charge in [0, 0.05) is 55.0 Å². The van der Waals surface area contributed by atoms with E-state index in [1.54, 1.807) is 11.8 Å². The van der Waals surface area contributed by atoms with E-state index in [1.165, 1.54) is 21.2 Å². The number of hydrogen-bond donors (Lipinski definition) is 0. The fraction of sp³-hybridized carbons (Fsp3) is 0.423. The van der Waals surface area contributed by atoms with Crippen molar-refractivity contribution >= 4 is 29.0 Å². The van der Waals surface area contributed by atoms with Crippen molar-refractivity contribution < 1.29 is 14.1 Å². The van der Waals surface area contributed by atoms with Gasteiger partial charge in [-0.05, 0) is 43.5 Å². The first-order valence-corrected chi connectivity index (χ1v) is 12.9. The molecule has 3 aliphatic rings. The van der Waals surface area contributed by atoms with Crippen LogP contribution in [-0.2, 0) is 9.53 Å². The molecule has 0 saturated carbocycles. The number of likely N-dealkylation sites (tertiary alicyclic amines) is 1. The lowest BCUT2D eigenvalue weighted by Crippen LogP contribution is -2.32. The van der Waals surface area contributed by atoms with Gasteiger partial charge in [0.15, 0.2) is 5.82 Å². The van der Waals surface area contributed by atoms with Crippen LogP contribution in [0.1, 0.15) is 49.2 Å². The monoisotopic (exact) mass is 476 g/mol. The van der Waals surface area contributed by atoms with Crippen molar-refractivity contribution in [2.45, 2.75) is 47.3 Å². The van der Waals surface area contributed by atoms with Crippen molar-refractivity contribution in [3.8, 4) is 0 Å². The summed E-state index contributed by atoms with van der Waals surface area (Å²) in [5.41, 5.74) is 2.34. The Kier molecular flexibility index (Phi) is 6.01. The summed E-state index contributed by atoms with van der Waals surface area (Å²) in [6, 6.07) is 16.8. The van der Waals surface area contributed by atoms with Gasteiger partial charge in [0.05, 0.1) is 17.3 Å². The standard InChI is InChI=1S/C26H28N4O3S/c31-24(10-14-30-20-5-1-3-7-22(20)34-23-8-4-2-6-21(23)30)29-13-9-19(17-29)26-27-25(28-33-26)18-11-15-32-16-12-18/h1-8,18-19H,9-17H2. The molecule has 1 amide bonds. The molecule has 4 heterocycles. The minimum Gasteiger partial charge on any atom is -0.381 e. The number of rotatable bonds is 5. The van der Waals surface area contributed by atoms with Gasteiger partial charge in [0.1, 0.15) is 0 Å². The zero-order valence-electron chi connectivity index (χ0n) is 19.1. The first-order chi connectivity index (χ1) is 16.8. The predicted molar refractivity (Wildman–Crippen MR) is 130 cm³/mol. The highest BCUT2D eigenvalue weighted by Crippen LogP contribution is 2.47. The summed E-state index contributed by atoms with van der Waals surface area (Å²) in [6.07, 6.45) is 3.22. The molecule has 0 spiro atoms. The number of nitrogens with zero attached hydrogens (tertiary/aromatic N) is 4. The lowest BCUT2D eigenvalue weighted by molar-refractivity contribution is -0.129. The van der Waals surface area contributed by atoms with Crippen LogP contribution in [0, 0.1) is 0 Å². The number of carbonyl (C=O) groups excluding carboxylic acids is 1. The third-order valence-corrected chi connectivity index (χ3v) is 8.15. The second-order valence-electron chi connectivity index (χ2n) is 9.14. The quantitative estimate of drug-likeness (QED) is 0.515. The maximum absolute atomic E-state index is 13.2. The Hall–Kier alpha value is -2.84. The minimum absolute atomic E-state index is 0.123. The van der Waals surface area contributed by atoms with Crippen LogP contribution in [0.4, 0.5) is 11.4 Å². The lowest BCUT2D eigenvalue weighted by Gasteiger charge is -2.33. The molecule has 2 saturated heterocycles. The molecule has 0 aliphatic carbocycles. The average molecular weight is 477 g/mol. The number of fused-ring (bicyclic) bond motifs is 2. The van der Waals surface area contributed by atoms with Crippen LogP contribution < -0.4 is 4.90 Å². The molecule has 1 atom stereocenters. The largest absolute Gasteiger partial charge is 0.381 e. The van der Waals surface area contributed by atoms with Crippen LogP contribution in [0.3, 0.4) is 0 Å². The lowest BCUT2D eigenvalue weighted by atomic mass is 10.00. The fourth-order valence-corrected chi connectivity index (χ4v) is 6.21. The summed E-state index contributed by atoms with van der Waals surface area (Å²) in [6.45, 7) is 3.55. The van der Waals surface area contributed by atoms with E-state index in [-0.39, 0.29) is 11.8 Å². The summed E-state index contributed by atoms with van der Waals surface area (Å²) in [5.74, 6) is 2.09. The molecule has 6 rings (SSSR count). The molecular weight excluding hydrogens is 448 g/mol. The van der Waals surface area contributed by atoms with Gasteiger partial charge in [-0.1, -0.05) is 41.2 Å². The Bertz CT molecular complexity index is 1130. The van der Waals surface area contributed by atoms with Crippen molar-refractivity contribution in [1.82, 2.24) is 15.0 Å². The molecule has 1 unspecified atom stereocenters. The number of benzene rings is 2. The molecule has 0 bridgehead atoms. The van der Waals surface area contributed by atoms with E-state index in [9.17, 15) is 4.79 Å². The Morgan fingerprint density at radius 2 is 1.68 bits per heavy atom. The highest BCUT2D eigenvalue weighted by Gasteiger charge is 2.33. The average Bonchev–Trinajstić information content (AvgIpc) is 3.57. The van der Waals surface area contributed by atoms with Gasteiger partial charge in [0.2, 0.25) is 11.8 Å². The molecule has 3 aromatic rings. The summed E-state index contributed by atoms with van der Waals surface area (Å²) >= 11 is 1.79. The molecule has 34 heavy (non-hydrogen) atoms. The van der Waals surface area contributed by atoms with E-state index in [1.807, 2.05) is 4.90 Å². The highest BCUT2D eigenvalue weighted by atomic mass is 32.2. The van der Waals surface area contributed by atoms with Crippen LogP contribution in [0.25, 0.3) is 0 Å². The van der Waals surface area contributed by atoms with Crippen LogP contribution in [0.5, 0.6) is 0 Å². The van der Waals surface area contributed by atoms with Crippen LogP contribution >= 0.6 is 11.8 Å². The number of aromatic nitrogens is 2. The summed E-state index contributed by atoms with van der Waals surface area (Å²) in [7, 11) is 0. The maximum atomic E-state index is 13.2. The third-order valence-electron chi connectivity index (χ3n) is 7.02. The maximum Gasteiger partial charge on any atom is 0.231 e. The number of ether oxygens (including phenoxy) is 1. The molecule has 7 nitrogen and oxygen atoms in total. The molecule has 2 aromatic carbocycles. The topological polar surface area (TPSA) is 71.7 Å². The Balaban J connectivity index is 1.10. The first kappa shape index (κ1) is 21.7. The number of para-hydroxylation sites is 2. The molecule has 2 fully saturated rings.